The lowest BCUT2D eigenvalue weighted by Gasteiger charge is -1.99. The number of carbonyl (C=O) groups is 1. The molecule has 1 aromatic carbocycles. The predicted octanol–water partition coefficient (Wildman–Crippen LogP) is 1.26. The van der Waals surface area contributed by atoms with Crippen molar-refractivity contribution in [3.8, 4) is 11.8 Å². The van der Waals surface area contributed by atoms with E-state index in [1.54, 1.807) is 0 Å². The van der Waals surface area contributed by atoms with E-state index in [0.29, 0.717) is 17.4 Å². The number of halogens is 1. The Morgan fingerprint density at radius 3 is 2.93 bits per heavy atom. The van der Waals surface area contributed by atoms with Crippen LogP contribution in [0.5, 0.6) is 0 Å². The fraction of sp³-hybridized carbons (Fsp3) is 0.182. The first-order valence-corrected chi connectivity index (χ1v) is 4.09. The normalized spacial score (nSPS) is 9.00. The Morgan fingerprint density at radius 1 is 1.50 bits per heavy atom. The molecule has 0 radical (unpaired) electrons. The van der Waals surface area contributed by atoms with Crippen molar-refractivity contribution >= 4 is 6.29 Å². The molecule has 2 nitrogen and oxygen atoms in total. The number of hydrogen-bond donors (Lipinski definition) is 1. The van der Waals surface area contributed by atoms with Crippen molar-refractivity contribution in [2.75, 3.05) is 0 Å². The van der Waals surface area contributed by atoms with Crippen LogP contribution in [0.15, 0.2) is 18.2 Å². The molecule has 0 unspecified atom stereocenters. The van der Waals surface area contributed by atoms with Crippen LogP contribution in [0, 0.1) is 17.7 Å². The predicted molar refractivity (Wildman–Crippen MR) is 49.9 cm³/mol. The van der Waals surface area contributed by atoms with E-state index in [4.69, 9.17) is 5.11 Å². The second kappa shape index (κ2) is 5.15. The van der Waals surface area contributed by atoms with Gasteiger partial charge in [0.05, 0.1) is 13.0 Å². The molecule has 0 aliphatic rings. The van der Waals surface area contributed by atoms with Gasteiger partial charge in [-0.1, -0.05) is 11.8 Å². The molecule has 0 spiro atoms. The minimum atomic E-state index is -0.407. The lowest BCUT2D eigenvalue weighted by molar-refractivity contribution is -0.107. The summed E-state index contributed by atoms with van der Waals surface area (Å²) in [5.74, 6) is 4.87. The van der Waals surface area contributed by atoms with Gasteiger partial charge in [-0.15, -0.1) is 0 Å². The highest BCUT2D eigenvalue weighted by Crippen LogP contribution is 2.09. The lowest BCUT2D eigenvalue weighted by atomic mass is 10.1. The summed E-state index contributed by atoms with van der Waals surface area (Å²) in [6, 6.07) is 3.98. The molecule has 72 valence electrons. The zero-order valence-electron chi connectivity index (χ0n) is 7.46. The maximum atomic E-state index is 12.7. The molecular weight excluding hydrogens is 183 g/mol. The monoisotopic (exact) mass is 192 g/mol. The number of carbonyl (C=O) groups excluding carboxylic acids is 1. The van der Waals surface area contributed by atoms with Crippen molar-refractivity contribution in [3.05, 3.63) is 35.1 Å². The van der Waals surface area contributed by atoms with Crippen LogP contribution in [0.4, 0.5) is 4.39 Å². The molecule has 14 heavy (non-hydrogen) atoms. The van der Waals surface area contributed by atoms with Crippen molar-refractivity contribution < 1.29 is 14.3 Å². The fourth-order valence-electron chi connectivity index (χ4n) is 1.00. The smallest absolute Gasteiger partial charge is 0.131 e. The van der Waals surface area contributed by atoms with Gasteiger partial charge in [-0.25, -0.2) is 4.39 Å². The second-order valence-corrected chi connectivity index (χ2v) is 2.63. The highest BCUT2D eigenvalue weighted by molar-refractivity contribution is 5.55. The largest absolute Gasteiger partial charge is 0.392 e. The van der Waals surface area contributed by atoms with Gasteiger partial charge < -0.3 is 9.90 Å². The molecule has 0 bridgehead atoms. The number of aliphatic hydroxyl groups excluding tert-OH is 1. The maximum Gasteiger partial charge on any atom is 0.131 e. The SMILES string of the molecule is O=CCC#Cc1ccc(F)cc1CO. The van der Waals surface area contributed by atoms with Crippen molar-refractivity contribution in [2.24, 2.45) is 0 Å². The molecular formula is C11H9FO2. The highest BCUT2D eigenvalue weighted by Gasteiger charge is 1.99. The molecule has 3 heteroatoms. The fourth-order valence-corrected chi connectivity index (χ4v) is 1.00. The van der Waals surface area contributed by atoms with E-state index in [-0.39, 0.29) is 13.0 Å². The van der Waals surface area contributed by atoms with Gasteiger partial charge in [0.15, 0.2) is 0 Å². The molecule has 1 rings (SSSR count). The van der Waals surface area contributed by atoms with Gasteiger partial charge in [0.25, 0.3) is 0 Å². The molecule has 0 aliphatic heterocycles. The van der Waals surface area contributed by atoms with Crippen LogP contribution in [0.2, 0.25) is 0 Å². The molecule has 1 N–H and O–H groups in total. The van der Waals surface area contributed by atoms with Gasteiger partial charge in [-0.05, 0) is 23.8 Å². The summed E-state index contributed by atoms with van der Waals surface area (Å²) < 4.78 is 12.7. The third kappa shape index (κ3) is 2.68. The number of aldehydes is 1. The molecule has 0 amide bonds. The second-order valence-electron chi connectivity index (χ2n) is 2.63. The number of hydrogen-bond acceptors (Lipinski definition) is 2. The summed E-state index contributed by atoms with van der Waals surface area (Å²) in [6.07, 6.45) is 0.831. The number of benzene rings is 1. The van der Waals surface area contributed by atoms with E-state index in [1.165, 1.54) is 18.2 Å². The van der Waals surface area contributed by atoms with Crippen LogP contribution in [-0.4, -0.2) is 11.4 Å². The highest BCUT2D eigenvalue weighted by atomic mass is 19.1. The summed E-state index contributed by atoms with van der Waals surface area (Å²) in [7, 11) is 0. The van der Waals surface area contributed by atoms with E-state index in [9.17, 15) is 9.18 Å². The summed E-state index contributed by atoms with van der Waals surface area (Å²) in [5, 5.41) is 8.90. The van der Waals surface area contributed by atoms with E-state index in [1.807, 2.05) is 0 Å². The van der Waals surface area contributed by atoms with Crippen LogP contribution in [0.25, 0.3) is 0 Å². The zero-order valence-corrected chi connectivity index (χ0v) is 7.46. The molecule has 0 heterocycles. The van der Waals surface area contributed by atoms with Crippen molar-refractivity contribution in [1.29, 1.82) is 0 Å². The molecule has 1 aromatic rings. The van der Waals surface area contributed by atoms with Gasteiger partial charge in [0.2, 0.25) is 0 Å². The molecule has 0 saturated carbocycles. The number of aliphatic hydroxyl groups is 1. The topological polar surface area (TPSA) is 37.3 Å². The first-order valence-electron chi connectivity index (χ1n) is 4.09. The molecule has 0 saturated heterocycles. The van der Waals surface area contributed by atoms with Crippen molar-refractivity contribution in [2.45, 2.75) is 13.0 Å². The minimum Gasteiger partial charge on any atom is -0.392 e. The maximum absolute atomic E-state index is 12.7. The first kappa shape index (κ1) is 10.4. The standard InChI is InChI=1S/C11H9FO2/c12-11-5-4-9(3-1-2-6-13)10(7-11)8-14/h4-7,14H,2,8H2. The Bertz CT molecular complexity index is 388. The van der Waals surface area contributed by atoms with Crippen LogP contribution in [0.3, 0.4) is 0 Å². The number of rotatable bonds is 2. The van der Waals surface area contributed by atoms with Gasteiger partial charge in [0.1, 0.15) is 12.1 Å². The Balaban J connectivity index is 2.97. The van der Waals surface area contributed by atoms with Gasteiger partial charge in [-0.3, -0.25) is 0 Å². The summed E-state index contributed by atoms with van der Waals surface area (Å²) in [4.78, 5) is 9.99. The van der Waals surface area contributed by atoms with E-state index >= 15 is 0 Å². The molecule has 0 aliphatic carbocycles. The van der Waals surface area contributed by atoms with Gasteiger partial charge in [-0.2, -0.15) is 0 Å². The average Bonchev–Trinajstić information content (AvgIpc) is 2.20. The average molecular weight is 192 g/mol. The van der Waals surface area contributed by atoms with Crippen molar-refractivity contribution in [1.82, 2.24) is 0 Å². The molecule has 0 aromatic heterocycles. The van der Waals surface area contributed by atoms with E-state index in [2.05, 4.69) is 11.8 Å². The third-order valence-corrected chi connectivity index (χ3v) is 1.65. The third-order valence-electron chi connectivity index (χ3n) is 1.65. The molecule has 0 atom stereocenters. The van der Waals surface area contributed by atoms with Gasteiger partial charge >= 0.3 is 0 Å². The molecule has 0 fully saturated rings. The lowest BCUT2D eigenvalue weighted by Crippen LogP contribution is -1.90. The van der Waals surface area contributed by atoms with Crippen molar-refractivity contribution in [3.63, 3.8) is 0 Å². The Morgan fingerprint density at radius 2 is 2.29 bits per heavy atom. The quantitative estimate of drug-likeness (QED) is 0.565. The minimum absolute atomic E-state index is 0.141. The first-order chi connectivity index (χ1) is 6.77. The van der Waals surface area contributed by atoms with E-state index < -0.39 is 5.82 Å². The van der Waals surface area contributed by atoms with E-state index in [0.717, 1.165) is 0 Å². The summed E-state index contributed by atoms with van der Waals surface area (Å²) in [6.45, 7) is -0.261. The zero-order chi connectivity index (χ0) is 10.4. The van der Waals surface area contributed by atoms with Crippen LogP contribution >= 0.6 is 0 Å². The summed E-state index contributed by atoms with van der Waals surface area (Å²) in [5.41, 5.74) is 0.985. The Labute approximate surface area is 81.4 Å². The summed E-state index contributed by atoms with van der Waals surface area (Å²) >= 11 is 0. The Kier molecular flexibility index (Phi) is 3.84. The Hall–Kier alpha value is -1.66. The van der Waals surface area contributed by atoms with Crippen LogP contribution in [-0.2, 0) is 11.4 Å². The van der Waals surface area contributed by atoms with Crippen LogP contribution in [0.1, 0.15) is 17.5 Å². The van der Waals surface area contributed by atoms with Crippen LogP contribution < -0.4 is 0 Å². The van der Waals surface area contributed by atoms with Gasteiger partial charge in [0, 0.05) is 5.56 Å².